The number of benzene rings is 1. The molecule has 1 aliphatic rings. The van der Waals surface area contributed by atoms with Crippen LogP contribution in [-0.2, 0) is 0 Å². The lowest BCUT2D eigenvalue weighted by Crippen LogP contribution is -2.40. The average Bonchev–Trinajstić information content (AvgIpc) is 2.28. The predicted molar refractivity (Wildman–Crippen MR) is 71.6 cm³/mol. The van der Waals surface area contributed by atoms with E-state index in [0.717, 1.165) is 18.1 Å². The number of nitro groups is 1. The number of nitrogens with zero attached hydrogens (tertiary/aromatic N) is 2. The van der Waals surface area contributed by atoms with Gasteiger partial charge in [0.2, 0.25) is 0 Å². The van der Waals surface area contributed by atoms with Crippen LogP contribution in [-0.4, -0.2) is 29.0 Å². The van der Waals surface area contributed by atoms with Gasteiger partial charge >= 0.3 is 5.69 Å². The van der Waals surface area contributed by atoms with Crippen molar-refractivity contribution in [2.75, 3.05) is 28.7 Å². The number of anilines is 2. The number of thioether (sulfide) groups is 1. The van der Waals surface area contributed by atoms with Crippen LogP contribution in [0.2, 0.25) is 0 Å². The van der Waals surface area contributed by atoms with Crippen LogP contribution in [0.5, 0.6) is 0 Å². The van der Waals surface area contributed by atoms with Crippen molar-refractivity contribution in [3.63, 3.8) is 0 Å². The standard InChI is InChI=1S/C11H15N3O2S/c1-8-7-17-6-5-13(8)10-4-2-3-9(12)11(10)14(15)16/h2-4,8H,5-7,12H2,1H3. The van der Waals surface area contributed by atoms with Crippen LogP contribution in [0.1, 0.15) is 6.92 Å². The molecule has 5 nitrogen and oxygen atoms in total. The van der Waals surface area contributed by atoms with Gasteiger partial charge in [-0.15, -0.1) is 0 Å². The second-order valence-electron chi connectivity index (χ2n) is 4.09. The minimum absolute atomic E-state index is 0.0336. The van der Waals surface area contributed by atoms with Gasteiger partial charge in [0.15, 0.2) is 0 Å². The van der Waals surface area contributed by atoms with Crippen molar-refractivity contribution >= 4 is 28.8 Å². The van der Waals surface area contributed by atoms with Crippen LogP contribution in [0.25, 0.3) is 0 Å². The van der Waals surface area contributed by atoms with Gasteiger partial charge in [-0.2, -0.15) is 11.8 Å². The summed E-state index contributed by atoms with van der Waals surface area (Å²) >= 11 is 1.88. The van der Waals surface area contributed by atoms with Crippen LogP contribution in [0.15, 0.2) is 18.2 Å². The number of hydrogen-bond acceptors (Lipinski definition) is 5. The molecule has 2 N–H and O–H groups in total. The monoisotopic (exact) mass is 253 g/mol. The normalized spacial score (nSPS) is 20.3. The Morgan fingerprint density at radius 1 is 1.59 bits per heavy atom. The first-order chi connectivity index (χ1) is 8.11. The molecule has 0 saturated carbocycles. The first-order valence-corrected chi connectivity index (χ1v) is 6.64. The Morgan fingerprint density at radius 3 is 3.00 bits per heavy atom. The molecule has 1 heterocycles. The highest BCUT2D eigenvalue weighted by atomic mass is 32.2. The lowest BCUT2D eigenvalue weighted by molar-refractivity contribution is -0.383. The van der Waals surface area contributed by atoms with Crippen molar-refractivity contribution in [2.24, 2.45) is 0 Å². The Hall–Kier alpha value is -1.43. The molecule has 0 bridgehead atoms. The van der Waals surface area contributed by atoms with Crippen molar-refractivity contribution in [2.45, 2.75) is 13.0 Å². The van der Waals surface area contributed by atoms with Gasteiger partial charge in [0, 0.05) is 24.1 Å². The molecule has 2 rings (SSSR count). The molecule has 1 unspecified atom stereocenters. The maximum Gasteiger partial charge on any atom is 0.315 e. The van der Waals surface area contributed by atoms with E-state index in [1.165, 1.54) is 0 Å². The Labute approximate surface area is 104 Å². The van der Waals surface area contributed by atoms with Crippen LogP contribution in [0.3, 0.4) is 0 Å². The summed E-state index contributed by atoms with van der Waals surface area (Å²) in [5.41, 5.74) is 6.61. The molecule has 6 heteroatoms. The van der Waals surface area contributed by atoms with Crippen LogP contribution < -0.4 is 10.6 Å². The fraction of sp³-hybridized carbons (Fsp3) is 0.455. The van der Waals surface area contributed by atoms with Gasteiger partial charge < -0.3 is 10.6 Å². The van der Waals surface area contributed by atoms with Gasteiger partial charge in [0.1, 0.15) is 11.4 Å². The molecule has 92 valence electrons. The van der Waals surface area contributed by atoms with Crippen LogP contribution in [0.4, 0.5) is 17.1 Å². The number of nitrogen functional groups attached to an aromatic ring is 1. The molecule has 1 aromatic carbocycles. The summed E-state index contributed by atoms with van der Waals surface area (Å²) in [6.45, 7) is 2.91. The third-order valence-corrected chi connectivity index (χ3v) is 4.09. The Bertz CT molecular complexity index is 439. The minimum Gasteiger partial charge on any atom is -0.393 e. The molecule has 1 aliphatic heterocycles. The number of nitrogens with two attached hydrogens (primary N) is 1. The van der Waals surface area contributed by atoms with E-state index >= 15 is 0 Å². The summed E-state index contributed by atoms with van der Waals surface area (Å²) in [7, 11) is 0. The van der Waals surface area contributed by atoms with Gasteiger partial charge in [-0.3, -0.25) is 10.1 Å². The van der Waals surface area contributed by atoms with E-state index in [-0.39, 0.29) is 16.3 Å². The second-order valence-corrected chi connectivity index (χ2v) is 5.24. The first-order valence-electron chi connectivity index (χ1n) is 5.48. The van der Waals surface area contributed by atoms with Gasteiger partial charge in [-0.1, -0.05) is 6.07 Å². The van der Waals surface area contributed by atoms with E-state index in [2.05, 4.69) is 11.8 Å². The highest BCUT2D eigenvalue weighted by Crippen LogP contribution is 2.36. The number of rotatable bonds is 2. The van der Waals surface area contributed by atoms with E-state index in [0.29, 0.717) is 11.7 Å². The lowest BCUT2D eigenvalue weighted by Gasteiger charge is -2.34. The highest BCUT2D eigenvalue weighted by Gasteiger charge is 2.27. The summed E-state index contributed by atoms with van der Waals surface area (Å²) in [6.07, 6.45) is 0. The smallest absolute Gasteiger partial charge is 0.315 e. The SMILES string of the molecule is CC1CSCCN1c1cccc(N)c1[N+](=O)[O-]. The fourth-order valence-corrected chi connectivity index (χ4v) is 3.08. The molecule has 1 aromatic rings. The van der Waals surface area contributed by atoms with Crippen LogP contribution >= 0.6 is 11.8 Å². The largest absolute Gasteiger partial charge is 0.393 e. The molecule has 17 heavy (non-hydrogen) atoms. The second kappa shape index (κ2) is 4.83. The molecular weight excluding hydrogens is 238 g/mol. The maximum atomic E-state index is 11.1. The number of para-hydroxylation sites is 1. The lowest BCUT2D eigenvalue weighted by atomic mass is 10.2. The fourth-order valence-electron chi connectivity index (χ4n) is 2.06. The predicted octanol–water partition coefficient (Wildman–Crippen LogP) is 2.12. The number of hydrogen-bond donors (Lipinski definition) is 1. The van der Waals surface area contributed by atoms with Crippen molar-refractivity contribution in [3.8, 4) is 0 Å². The van der Waals surface area contributed by atoms with Gasteiger partial charge in [0.25, 0.3) is 0 Å². The van der Waals surface area contributed by atoms with E-state index in [1.807, 2.05) is 11.8 Å². The minimum atomic E-state index is -0.390. The van der Waals surface area contributed by atoms with E-state index in [9.17, 15) is 10.1 Å². The summed E-state index contributed by atoms with van der Waals surface area (Å²) in [5, 5.41) is 11.1. The Balaban J connectivity index is 2.43. The molecule has 1 saturated heterocycles. The van der Waals surface area contributed by atoms with E-state index in [1.54, 1.807) is 18.2 Å². The first kappa shape index (κ1) is 12.0. The molecule has 0 aliphatic carbocycles. The van der Waals surface area contributed by atoms with Crippen LogP contribution in [0, 0.1) is 10.1 Å². The van der Waals surface area contributed by atoms with E-state index in [4.69, 9.17) is 5.73 Å². The van der Waals surface area contributed by atoms with E-state index < -0.39 is 0 Å². The molecular formula is C11H15N3O2S. The topological polar surface area (TPSA) is 72.4 Å². The number of nitro benzene ring substituents is 1. The Morgan fingerprint density at radius 2 is 2.35 bits per heavy atom. The van der Waals surface area contributed by atoms with Crippen molar-refractivity contribution < 1.29 is 4.92 Å². The molecule has 0 spiro atoms. The van der Waals surface area contributed by atoms with Crippen molar-refractivity contribution in [3.05, 3.63) is 28.3 Å². The third kappa shape index (κ3) is 2.31. The van der Waals surface area contributed by atoms with Gasteiger partial charge in [0.05, 0.1) is 4.92 Å². The Kier molecular flexibility index (Phi) is 3.42. The average molecular weight is 253 g/mol. The summed E-state index contributed by atoms with van der Waals surface area (Å²) < 4.78 is 0. The highest BCUT2D eigenvalue weighted by molar-refractivity contribution is 7.99. The summed E-state index contributed by atoms with van der Waals surface area (Å²) in [4.78, 5) is 12.8. The quantitative estimate of drug-likeness (QED) is 0.496. The van der Waals surface area contributed by atoms with Crippen molar-refractivity contribution in [1.29, 1.82) is 0 Å². The zero-order valence-corrected chi connectivity index (χ0v) is 10.4. The molecule has 0 radical (unpaired) electrons. The molecule has 0 aromatic heterocycles. The third-order valence-electron chi connectivity index (χ3n) is 2.91. The van der Waals surface area contributed by atoms with Crippen molar-refractivity contribution in [1.82, 2.24) is 0 Å². The summed E-state index contributed by atoms with van der Waals surface area (Å²) in [6, 6.07) is 5.42. The maximum absolute atomic E-state index is 11.1. The zero-order valence-electron chi connectivity index (χ0n) is 9.63. The van der Waals surface area contributed by atoms with Gasteiger partial charge in [-0.05, 0) is 19.1 Å². The van der Waals surface area contributed by atoms with Gasteiger partial charge in [-0.25, -0.2) is 0 Å². The molecule has 1 fully saturated rings. The zero-order chi connectivity index (χ0) is 12.4. The summed E-state index contributed by atoms with van der Waals surface area (Å²) in [5.74, 6) is 1.99. The molecule has 0 amide bonds. The molecule has 1 atom stereocenters.